The highest BCUT2D eigenvalue weighted by Gasteiger charge is 2.33. The lowest BCUT2D eigenvalue weighted by molar-refractivity contribution is -0.137. The van der Waals surface area contributed by atoms with Crippen molar-refractivity contribution < 1.29 is 13.2 Å². The first-order chi connectivity index (χ1) is 8.99. The van der Waals surface area contributed by atoms with Gasteiger partial charge in [-0.05, 0) is 36.1 Å². The van der Waals surface area contributed by atoms with E-state index < -0.39 is 11.7 Å². The van der Waals surface area contributed by atoms with Gasteiger partial charge in [-0.25, -0.2) is 0 Å². The molecule has 19 heavy (non-hydrogen) atoms. The topological polar surface area (TPSA) is 35.8 Å². The Bertz CT molecular complexity index is 452. The van der Waals surface area contributed by atoms with Crippen molar-refractivity contribution in [3.63, 3.8) is 0 Å². The number of alkyl halides is 3. The van der Waals surface area contributed by atoms with Gasteiger partial charge in [0.15, 0.2) is 0 Å². The molecule has 0 aliphatic heterocycles. The first kappa shape index (κ1) is 15.7. The highest BCUT2D eigenvalue weighted by atomic mass is 32.2. The maximum Gasteiger partial charge on any atom is 0.417 e. The summed E-state index contributed by atoms with van der Waals surface area (Å²) < 4.78 is 38.2. The predicted octanol–water partition coefficient (Wildman–Crippen LogP) is 4.13. The number of benzene rings is 1. The van der Waals surface area contributed by atoms with Gasteiger partial charge in [0.05, 0.1) is 17.2 Å². The lowest BCUT2D eigenvalue weighted by Gasteiger charge is -2.12. The molecule has 0 unspecified atom stereocenters. The molecular formula is C13H15F3N2S. The van der Waals surface area contributed by atoms with Crippen molar-refractivity contribution in [2.45, 2.75) is 19.5 Å². The molecule has 0 saturated carbocycles. The largest absolute Gasteiger partial charge is 0.417 e. The SMILES string of the molecule is CCSCCCNc1ccc(C#N)c(C(F)(F)F)c1. The number of nitriles is 1. The number of nitrogens with zero attached hydrogens (tertiary/aromatic N) is 1. The molecule has 0 aliphatic rings. The van der Waals surface area contributed by atoms with Crippen LogP contribution in [0.25, 0.3) is 0 Å². The molecule has 0 heterocycles. The standard InChI is InChI=1S/C13H15F3N2S/c1-2-19-7-3-6-18-11-5-4-10(9-17)12(8-11)13(14,15)16/h4-5,8,18H,2-3,6-7H2,1H3. The van der Waals surface area contributed by atoms with Gasteiger partial charge in [-0.3, -0.25) is 0 Å². The minimum Gasteiger partial charge on any atom is -0.385 e. The number of halogens is 3. The number of hydrogen-bond donors (Lipinski definition) is 1. The first-order valence-electron chi connectivity index (χ1n) is 5.92. The zero-order valence-electron chi connectivity index (χ0n) is 10.5. The average Bonchev–Trinajstić information content (AvgIpc) is 2.37. The van der Waals surface area contributed by atoms with Gasteiger partial charge < -0.3 is 5.32 Å². The molecule has 0 spiro atoms. The van der Waals surface area contributed by atoms with E-state index in [9.17, 15) is 13.2 Å². The van der Waals surface area contributed by atoms with Crippen LogP contribution in [-0.4, -0.2) is 18.1 Å². The molecule has 0 fully saturated rings. The lowest BCUT2D eigenvalue weighted by atomic mass is 10.1. The Morgan fingerprint density at radius 2 is 2.11 bits per heavy atom. The fraction of sp³-hybridized carbons (Fsp3) is 0.462. The van der Waals surface area contributed by atoms with Gasteiger partial charge in [-0.2, -0.15) is 30.2 Å². The van der Waals surface area contributed by atoms with Crippen molar-refractivity contribution >= 4 is 17.4 Å². The summed E-state index contributed by atoms with van der Waals surface area (Å²) in [5, 5.41) is 11.6. The van der Waals surface area contributed by atoms with E-state index in [0.717, 1.165) is 24.0 Å². The summed E-state index contributed by atoms with van der Waals surface area (Å²) in [6.45, 7) is 2.69. The molecule has 104 valence electrons. The minimum atomic E-state index is -4.50. The molecule has 0 saturated heterocycles. The molecule has 1 aromatic carbocycles. The third-order valence-corrected chi connectivity index (χ3v) is 3.43. The van der Waals surface area contributed by atoms with Crippen LogP contribution < -0.4 is 5.32 Å². The Morgan fingerprint density at radius 3 is 2.68 bits per heavy atom. The summed E-state index contributed by atoms with van der Waals surface area (Å²) in [7, 11) is 0. The Morgan fingerprint density at radius 1 is 1.37 bits per heavy atom. The van der Waals surface area contributed by atoms with E-state index in [4.69, 9.17) is 5.26 Å². The number of nitrogens with one attached hydrogen (secondary N) is 1. The fourth-order valence-corrected chi connectivity index (χ4v) is 2.17. The van der Waals surface area contributed by atoms with Crippen molar-refractivity contribution in [2.24, 2.45) is 0 Å². The molecule has 1 aromatic rings. The molecule has 0 bridgehead atoms. The van der Waals surface area contributed by atoms with Crippen LogP contribution in [0.15, 0.2) is 18.2 Å². The van der Waals surface area contributed by atoms with Gasteiger partial charge in [0.25, 0.3) is 0 Å². The van der Waals surface area contributed by atoms with E-state index in [0.29, 0.717) is 12.2 Å². The van der Waals surface area contributed by atoms with Crippen molar-refractivity contribution in [1.82, 2.24) is 0 Å². The molecule has 6 heteroatoms. The second-order valence-electron chi connectivity index (χ2n) is 3.85. The number of thioether (sulfide) groups is 1. The summed E-state index contributed by atoms with van der Waals surface area (Å²) in [6.07, 6.45) is -3.61. The zero-order chi connectivity index (χ0) is 14.3. The van der Waals surface area contributed by atoms with Gasteiger partial charge in [-0.15, -0.1) is 0 Å². The van der Waals surface area contributed by atoms with Crippen LogP contribution >= 0.6 is 11.8 Å². The van der Waals surface area contributed by atoms with Gasteiger partial charge in [-0.1, -0.05) is 6.92 Å². The van der Waals surface area contributed by atoms with Crippen LogP contribution in [0.2, 0.25) is 0 Å². The van der Waals surface area contributed by atoms with Crippen molar-refractivity contribution in [1.29, 1.82) is 5.26 Å². The van der Waals surface area contributed by atoms with Gasteiger partial charge in [0.1, 0.15) is 0 Å². The highest BCUT2D eigenvalue weighted by molar-refractivity contribution is 7.99. The van der Waals surface area contributed by atoms with Crippen molar-refractivity contribution in [3.05, 3.63) is 29.3 Å². The Kier molecular flexibility index (Phi) is 6.03. The Labute approximate surface area is 115 Å². The van der Waals surface area contributed by atoms with E-state index in [1.807, 2.05) is 0 Å². The Hall–Kier alpha value is -1.35. The zero-order valence-corrected chi connectivity index (χ0v) is 11.4. The average molecular weight is 288 g/mol. The molecule has 0 radical (unpaired) electrons. The molecular weight excluding hydrogens is 273 g/mol. The quantitative estimate of drug-likeness (QED) is 0.799. The van der Waals surface area contributed by atoms with Gasteiger partial charge in [0, 0.05) is 12.2 Å². The minimum absolute atomic E-state index is 0.348. The van der Waals surface area contributed by atoms with Crippen LogP contribution in [0.3, 0.4) is 0 Å². The van der Waals surface area contributed by atoms with E-state index in [1.165, 1.54) is 12.1 Å². The van der Waals surface area contributed by atoms with E-state index >= 15 is 0 Å². The summed E-state index contributed by atoms with van der Waals surface area (Å²) in [5.41, 5.74) is -0.838. The highest BCUT2D eigenvalue weighted by Crippen LogP contribution is 2.33. The van der Waals surface area contributed by atoms with Crippen molar-refractivity contribution in [2.75, 3.05) is 23.4 Å². The number of anilines is 1. The van der Waals surface area contributed by atoms with Crippen LogP contribution in [-0.2, 0) is 6.18 Å². The molecule has 0 aliphatic carbocycles. The molecule has 0 amide bonds. The van der Waals surface area contributed by atoms with E-state index in [1.54, 1.807) is 17.8 Å². The fourth-order valence-electron chi connectivity index (χ4n) is 1.54. The van der Waals surface area contributed by atoms with E-state index in [-0.39, 0.29) is 5.56 Å². The summed E-state index contributed by atoms with van der Waals surface area (Å²) >= 11 is 1.79. The second-order valence-corrected chi connectivity index (χ2v) is 5.24. The normalized spacial score (nSPS) is 11.1. The first-order valence-corrected chi connectivity index (χ1v) is 7.07. The summed E-state index contributed by atoms with van der Waals surface area (Å²) in [6, 6.07) is 5.25. The summed E-state index contributed by atoms with van der Waals surface area (Å²) in [5.74, 6) is 2.01. The smallest absolute Gasteiger partial charge is 0.385 e. The number of rotatable bonds is 6. The molecule has 0 atom stereocenters. The van der Waals surface area contributed by atoms with Gasteiger partial charge in [0.2, 0.25) is 0 Å². The molecule has 1 rings (SSSR count). The molecule has 0 aromatic heterocycles. The summed E-state index contributed by atoms with van der Waals surface area (Å²) in [4.78, 5) is 0. The molecule has 1 N–H and O–H groups in total. The Balaban J connectivity index is 2.69. The maximum atomic E-state index is 12.7. The maximum absolute atomic E-state index is 12.7. The second kappa shape index (κ2) is 7.29. The predicted molar refractivity (Wildman–Crippen MR) is 72.3 cm³/mol. The third kappa shape index (κ3) is 5.03. The van der Waals surface area contributed by atoms with E-state index in [2.05, 4.69) is 12.2 Å². The van der Waals surface area contributed by atoms with Gasteiger partial charge >= 0.3 is 6.18 Å². The van der Waals surface area contributed by atoms with Crippen LogP contribution in [0.4, 0.5) is 18.9 Å². The van der Waals surface area contributed by atoms with Crippen LogP contribution in [0.5, 0.6) is 0 Å². The third-order valence-electron chi connectivity index (χ3n) is 2.44. The van der Waals surface area contributed by atoms with Crippen LogP contribution in [0.1, 0.15) is 24.5 Å². The lowest BCUT2D eigenvalue weighted by Crippen LogP contribution is -2.10. The number of hydrogen-bond acceptors (Lipinski definition) is 3. The van der Waals surface area contributed by atoms with Crippen molar-refractivity contribution in [3.8, 4) is 6.07 Å². The monoisotopic (exact) mass is 288 g/mol. The van der Waals surface area contributed by atoms with Crippen LogP contribution in [0, 0.1) is 11.3 Å². The molecule has 2 nitrogen and oxygen atoms in total.